The van der Waals surface area contributed by atoms with E-state index in [1.165, 1.54) is 0 Å². The number of oxime groups is 1. The minimum absolute atomic E-state index is 0.174. The first-order chi connectivity index (χ1) is 12.7. The van der Waals surface area contributed by atoms with Crippen LogP contribution >= 0.6 is 0 Å². The molecule has 1 aromatic rings. The minimum Gasteiger partial charge on any atom is -0.386 e. The Labute approximate surface area is 153 Å². The van der Waals surface area contributed by atoms with Crippen LogP contribution in [0.25, 0.3) is 0 Å². The van der Waals surface area contributed by atoms with Crippen LogP contribution in [0.15, 0.2) is 35.5 Å². The molecule has 2 aliphatic heterocycles. The lowest BCUT2D eigenvalue weighted by Crippen LogP contribution is -2.52. The smallest absolute Gasteiger partial charge is 0.273 e. The number of para-hydroxylation sites is 1. The number of carbonyl (C=O) groups excluding carboxylic acids is 2. The second-order valence-corrected chi connectivity index (χ2v) is 7.65. The summed E-state index contributed by atoms with van der Waals surface area (Å²) in [6, 6.07) is 9.33. The van der Waals surface area contributed by atoms with Crippen molar-refractivity contribution in [2.24, 2.45) is 11.1 Å². The lowest BCUT2D eigenvalue weighted by molar-refractivity contribution is -0.144. The summed E-state index contributed by atoms with van der Waals surface area (Å²) in [6.45, 7) is 1.32. The summed E-state index contributed by atoms with van der Waals surface area (Å²) in [7, 11) is 0. The molecule has 1 atom stereocenters. The quantitative estimate of drug-likeness (QED) is 0.906. The van der Waals surface area contributed by atoms with E-state index >= 15 is 0 Å². The average Bonchev–Trinajstić information content (AvgIpc) is 3.33. The standard InChI is InChI=1S/C20H25N3O3/c24-18(21-16-9-2-1-3-10-16)17-13-20(26-22-17)11-6-12-23(14-20)19(25)15-7-4-5-8-15/h1-3,9-10,15H,4-8,11-14H2,(H,21,24)/t20-/m1/s1. The third kappa shape index (κ3) is 3.45. The molecule has 1 N–H and O–H groups in total. The van der Waals surface area contributed by atoms with E-state index in [1.54, 1.807) is 0 Å². The van der Waals surface area contributed by atoms with Crippen molar-refractivity contribution in [2.45, 2.75) is 50.5 Å². The fourth-order valence-corrected chi connectivity index (χ4v) is 4.30. The summed E-state index contributed by atoms with van der Waals surface area (Å²) < 4.78 is 0. The van der Waals surface area contributed by atoms with Crippen molar-refractivity contribution in [1.82, 2.24) is 4.90 Å². The van der Waals surface area contributed by atoms with Gasteiger partial charge in [0.25, 0.3) is 5.91 Å². The number of nitrogens with zero attached hydrogens (tertiary/aromatic N) is 2. The first-order valence-electron chi connectivity index (χ1n) is 9.55. The van der Waals surface area contributed by atoms with E-state index in [4.69, 9.17) is 4.84 Å². The van der Waals surface area contributed by atoms with Gasteiger partial charge >= 0.3 is 0 Å². The van der Waals surface area contributed by atoms with Gasteiger partial charge in [0.15, 0.2) is 5.60 Å². The van der Waals surface area contributed by atoms with Crippen LogP contribution in [0.4, 0.5) is 5.69 Å². The number of hydrogen-bond acceptors (Lipinski definition) is 4. The van der Waals surface area contributed by atoms with E-state index in [1.807, 2.05) is 35.2 Å². The number of anilines is 1. The van der Waals surface area contributed by atoms with Crippen molar-refractivity contribution >= 4 is 23.2 Å². The van der Waals surface area contributed by atoms with E-state index in [0.717, 1.165) is 50.8 Å². The van der Waals surface area contributed by atoms with Gasteiger partial charge in [-0.25, -0.2) is 0 Å². The minimum atomic E-state index is -0.532. The molecule has 2 amide bonds. The SMILES string of the molecule is O=C(Nc1ccccc1)C1=NO[C@]2(CCCN(C(=O)C3CCCC3)C2)C1. The second kappa shape index (κ2) is 7.09. The zero-order chi connectivity index (χ0) is 18.0. The van der Waals surface area contributed by atoms with Gasteiger partial charge in [-0.1, -0.05) is 36.2 Å². The molecule has 0 unspecified atom stereocenters. The molecular weight excluding hydrogens is 330 g/mol. The van der Waals surface area contributed by atoms with E-state index in [9.17, 15) is 9.59 Å². The number of hydrogen-bond donors (Lipinski definition) is 1. The molecule has 1 spiro atoms. The zero-order valence-corrected chi connectivity index (χ0v) is 14.9. The first-order valence-corrected chi connectivity index (χ1v) is 9.55. The predicted octanol–water partition coefficient (Wildman–Crippen LogP) is 2.95. The fraction of sp³-hybridized carbons (Fsp3) is 0.550. The van der Waals surface area contributed by atoms with Crippen molar-refractivity contribution in [3.8, 4) is 0 Å². The van der Waals surface area contributed by atoms with E-state index in [0.29, 0.717) is 18.7 Å². The summed E-state index contributed by atoms with van der Waals surface area (Å²) in [5.74, 6) is 0.202. The maximum Gasteiger partial charge on any atom is 0.273 e. The number of rotatable bonds is 3. The molecule has 0 bridgehead atoms. The number of nitrogens with one attached hydrogen (secondary N) is 1. The Balaban J connectivity index is 1.38. The van der Waals surface area contributed by atoms with Gasteiger partial charge in [0.05, 0.1) is 6.54 Å². The molecular formula is C20H25N3O3. The maximum atomic E-state index is 12.8. The number of piperidine rings is 1. The molecule has 1 saturated carbocycles. The summed E-state index contributed by atoms with van der Waals surface area (Å²) in [5, 5.41) is 6.92. The van der Waals surface area contributed by atoms with Crippen LogP contribution in [-0.4, -0.2) is 41.1 Å². The van der Waals surface area contributed by atoms with E-state index < -0.39 is 5.60 Å². The lowest BCUT2D eigenvalue weighted by atomic mass is 9.87. The molecule has 2 heterocycles. The highest BCUT2D eigenvalue weighted by Gasteiger charge is 2.46. The van der Waals surface area contributed by atoms with Crippen LogP contribution in [0.1, 0.15) is 44.9 Å². The van der Waals surface area contributed by atoms with Gasteiger partial charge in [-0.3, -0.25) is 9.59 Å². The third-order valence-electron chi connectivity index (χ3n) is 5.69. The van der Waals surface area contributed by atoms with Crippen LogP contribution in [-0.2, 0) is 14.4 Å². The van der Waals surface area contributed by atoms with Crippen LogP contribution < -0.4 is 5.32 Å². The van der Waals surface area contributed by atoms with Gasteiger partial charge in [-0.2, -0.15) is 0 Å². The monoisotopic (exact) mass is 355 g/mol. The molecule has 3 aliphatic rings. The molecule has 1 aliphatic carbocycles. The topological polar surface area (TPSA) is 71.0 Å². The van der Waals surface area contributed by atoms with Crippen molar-refractivity contribution in [3.05, 3.63) is 30.3 Å². The highest BCUT2D eigenvalue weighted by atomic mass is 16.7. The molecule has 0 aromatic heterocycles. The molecule has 0 radical (unpaired) electrons. The van der Waals surface area contributed by atoms with Crippen molar-refractivity contribution in [2.75, 3.05) is 18.4 Å². The Bertz CT molecular complexity index is 712. The maximum absolute atomic E-state index is 12.8. The lowest BCUT2D eigenvalue weighted by Gasteiger charge is -2.39. The number of likely N-dealkylation sites (tertiary alicyclic amines) is 1. The van der Waals surface area contributed by atoms with Gasteiger partial charge in [0.2, 0.25) is 5.91 Å². The Morgan fingerprint density at radius 3 is 2.69 bits per heavy atom. The summed E-state index contributed by atoms with van der Waals surface area (Å²) >= 11 is 0. The van der Waals surface area contributed by atoms with Gasteiger partial charge in [0, 0.05) is 24.6 Å². The number of amides is 2. The molecule has 6 nitrogen and oxygen atoms in total. The van der Waals surface area contributed by atoms with Crippen LogP contribution in [0, 0.1) is 5.92 Å². The molecule has 26 heavy (non-hydrogen) atoms. The molecule has 1 aromatic carbocycles. The normalized spacial score (nSPS) is 25.8. The van der Waals surface area contributed by atoms with Gasteiger partial charge in [-0.05, 0) is 37.8 Å². The Morgan fingerprint density at radius 1 is 1.15 bits per heavy atom. The second-order valence-electron chi connectivity index (χ2n) is 7.65. The van der Waals surface area contributed by atoms with Crippen LogP contribution in [0.3, 0.4) is 0 Å². The van der Waals surface area contributed by atoms with Crippen LogP contribution in [0.2, 0.25) is 0 Å². The summed E-state index contributed by atoms with van der Waals surface area (Å²) in [6.07, 6.45) is 6.49. The molecule has 138 valence electrons. The molecule has 2 fully saturated rings. The Hall–Kier alpha value is -2.37. The molecule has 6 heteroatoms. The third-order valence-corrected chi connectivity index (χ3v) is 5.69. The Morgan fingerprint density at radius 2 is 1.92 bits per heavy atom. The van der Waals surface area contributed by atoms with Crippen molar-refractivity contribution in [1.29, 1.82) is 0 Å². The van der Waals surface area contributed by atoms with E-state index in [-0.39, 0.29) is 17.7 Å². The highest BCUT2D eigenvalue weighted by Crippen LogP contribution is 2.35. The number of carbonyl (C=O) groups is 2. The largest absolute Gasteiger partial charge is 0.386 e. The van der Waals surface area contributed by atoms with Gasteiger partial charge in [0.1, 0.15) is 5.71 Å². The fourth-order valence-electron chi connectivity index (χ4n) is 4.30. The van der Waals surface area contributed by atoms with Gasteiger partial charge in [-0.15, -0.1) is 0 Å². The summed E-state index contributed by atoms with van der Waals surface area (Å²) in [4.78, 5) is 32.9. The predicted molar refractivity (Wildman–Crippen MR) is 98.7 cm³/mol. The molecule has 1 saturated heterocycles. The van der Waals surface area contributed by atoms with E-state index in [2.05, 4.69) is 10.5 Å². The average molecular weight is 355 g/mol. The first kappa shape index (κ1) is 17.1. The van der Waals surface area contributed by atoms with Crippen LogP contribution in [0.5, 0.6) is 0 Å². The zero-order valence-electron chi connectivity index (χ0n) is 14.9. The van der Waals surface area contributed by atoms with Crippen molar-refractivity contribution < 1.29 is 14.4 Å². The summed E-state index contributed by atoms with van der Waals surface area (Å²) in [5.41, 5.74) is 0.613. The number of benzene rings is 1. The Kier molecular flexibility index (Phi) is 4.66. The highest BCUT2D eigenvalue weighted by molar-refractivity contribution is 6.43. The molecule has 4 rings (SSSR count). The van der Waals surface area contributed by atoms with Crippen molar-refractivity contribution in [3.63, 3.8) is 0 Å². The van der Waals surface area contributed by atoms with Gasteiger partial charge < -0.3 is 15.1 Å².